The Hall–Kier alpha value is -1.66. The highest BCUT2D eigenvalue weighted by molar-refractivity contribution is 9.10. The number of nitrogens with zero attached hydrogens (tertiary/aromatic N) is 2. The fourth-order valence-corrected chi connectivity index (χ4v) is 2.23. The number of rotatable bonds is 3. The van der Waals surface area contributed by atoms with Crippen molar-refractivity contribution in [1.82, 2.24) is 0 Å². The molecule has 2 aromatic rings. The Morgan fingerprint density at radius 3 is 1.20 bits per heavy atom. The quantitative estimate of drug-likeness (QED) is 0.461. The summed E-state index contributed by atoms with van der Waals surface area (Å²) in [6.07, 6.45) is 0. The molecule has 0 aromatic heterocycles. The van der Waals surface area contributed by atoms with E-state index in [9.17, 15) is 10.4 Å². The number of oxime groups is 2. The Bertz CT molecular complexity index is 590. The molecule has 0 unspecified atom stereocenters. The standard InChI is InChI=1S/C14H10Br2N2O2/c15-11-5-1-9(2-6-11)13(17-19)14(18-20)10-3-7-12(16)8-4-10/h1-8,19-20H/b17-13+,18-14+. The number of hydrogen-bond acceptors (Lipinski definition) is 4. The molecule has 0 amide bonds. The van der Waals surface area contributed by atoms with Crippen LogP contribution in [0.5, 0.6) is 0 Å². The average molecular weight is 398 g/mol. The van der Waals surface area contributed by atoms with Crippen molar-refractivity contribution in [3.05, 3.63) is 68.6 Å². The second-order valence-electron chi connectivity index (χ2n) is 3.91. The molecule has 0 aliphatic heterocycles. The van der Waals surface area contributed by atoms with Gasteiger partial charge in [-0.05, 0) is 24.3 Å². The minimum absolute atomic E-state index is 0.197. The Balaban J connectivity index is 2.44. The first-order chi connectivity index (χ1) is 9.65. The molecule has 0 atom stereocenters. The zero-order valence-electron chi connectivity index (χ0n) is 10.2. The first-order valence-electron chi connectivity index (χ1n) is 5.62. The maximum absolute atomic E-state index is 9.24. The van der Waals surface area contributed by atoms with Crippen molar-refractivity contribution < 1.29 is 10.4 Å². The molecule has 0 bridgehead atoms. The largest absolute Gasteiger partial charge is 0.410 e. The molecule has 0 spiro atoms. The minimum atomic E-state index is 0.197. The molecule has 0 saturated heterocycles. The summed E-state index contributed by atoms with van der Waals surface area (Å²) < 4.78 is 1.81. The lowest BCUT2D eigenvalue weighted by Gasteiger charge is -2.07. The van der Waals surface area contributed by atoms with E-state index in [4.69, 9.17) is 0 Å². The van der Waals surface area contributed by atoms with Gasteiger partial charge in [-0.3, -0.25) is 0 Å². The van der Waals surface area contributed by atoms with Crippen LogP contribution in [0.3, 0.4) is 0 Å². The molecule has 0 aliphatic rings. The van der Waals surface area contributed by atoms with Crippen LogP contribution in [-0.4, -0.2) is 21.8 Å². The Kier molecular flexibility index (Phi) is 4.92. The predicted octanol–water partition coefficient (Wildman–Crippen LogP) is 4.27. The van der Waals surface area contributed by atoms with Gasteiger partial charge in [0.05, 0.1) is 0 Å². The zero-order chi connectivity index (χ0) is 14.5. The van der Waals surface area contributed by atoms with E-state index in [0.717, 1.165) is 8.95 Å². The molecule has 102 valence electrons. The molecule has 0 aliphatic carbocycles. The average Bonchev–Trinajstić information content (AvgIpc) is 2.47. The van der Waals surface area contributed by atoms with Crippen LogP contribution >= 0.6 is 31.9 Å². The zero-order valence-corrected chi connectivity index (χ0v) is 13.3. The van der Waals surface area contributed by atoms with Gasteiger partial charge in [-0.2, -0.15) is 0 Å². The number of hydrogen-bond donors (Lipinski definition) is 2. The summed E-state index contributed by atoms with van der Waals surface area (Å²) in [6.45, 7) is 0. The van der Waals surface area contributed by atoms with Gasteiger partial charge in [-0.15, -0.1) is 0 Å². The van der Waals surface area contributed by atoms with Crippen LogP contribution in [0.15, 0.2) is 67.8 Å². The number of benzene rings is 2. The summed E-state index contributed by atoms with van der Waals surface area (Å²) in [5.74, 6) is 0. The Morgan fingerprint density at radius 1 is 0.650 bits per heavy atom. The van der Waals surface area contributed by atoms with Crippen LogP contribution in [0.4, 0.5) is 0 Å². The summed E-state index contributed by atoms with van der Waals surface area (Å²) >= 11 is 6.67. The molecule has 2 N–H and O–H groups in total. The molecule has 20 heavy (non-hydrogen) atoms. The topological polar surface area (TPSA) is 65.2 Å². The van der Waals surface area contributed by atoms with Gasteiger partial charge < -0.3 is 10.4 Å². The molecule has 2 rings (SSSR count). The number of halogens is 2. The SMILES string of the molecule is O/N=C(/C(=N/O)c1ccc(Br)cc1)c1ccc(Br)cc1. The first-order valence-corrected chi connectivity index (χ1v) is 7.20. The molecule has 4 nitrogen and oxygen atoms in total. The summed E-state index contributed by atoms with van der Waals surface area (Å²) in [6, 6.07) is 14.3. The van der Waals surface area contributed by atoms with Crippen molar-refractivity contribution in [2.45, 2.75) is 0 Å². The molecule has 0 heterocycles. The molecular formula is C14H10Br2N2O2. The minimum Gasteiger partial charge on any atom is -0.410 e. The van der Waals surface area contributed by atoms with E-state index in [1.165, 1.54) is 0 Å². The van der Waals surface area contributed by atoms with Crippen LogP contribution in [0.2, 0.25) is 0 Å². The highest BCUT2D eigenvalue weighted by Gasteiger charge is 2.15. The summed E-state index contributed by atoms with van der Waals surface area (Å²) in [4.78, 5) is 0. The van der Waals surface area contributed by atoms with Gasteiger partial charge in [-0.1, -0.05) is 66.4 Å². The van der Waals surface area contributed by atoms with Gasteiger partial charge in [0.1, 0.15) is 11.4 Å². The monoisotopic (exact) mass is 396 g/mol. The molecule has 6 heteroatoms. The van der Waals surface area contributed by atoms with E-state index >= 15 is 0 Å². The van der Waals surface area contributed by atoms with Gasteiger partial charge in [0.15, 0.2) is 0 Å². The molecular weight excluding hydrogens is 388 g/mol. The fourth-order valence-electron chi connectivity index (χ4n) is 1.70. The highest BCUT2D eigenvalue weighted by Crippen LogP contribution is 2.16. The van der Waals surface area contributed by atoms with E-state index in [2.05, 4.69) is 42.2 Å². The van der Waals surface area contributed by atoms with E-state index in [-0.39, 0.29) is 11.4 Å². The second-order valence-corrected chi connectivity index (χ2v) is 5.74. The van der Waals surface area contributed by atoms with Crippen molar-refractivity contribution >= 4 is 43.3 Å². The van der Waals surface area contributed by atoms with Crippen molar-refractivity contribution in [3.63, 3.8) is 0 Å². The smallest absolute Gasteiger partial charge is 0.139 e. The van der Waals surface area contributed by atoms with Crippen LogP contribution in [0.25, 0.3) is 0 Å². The van der Waals surface area contributed by atoms with Crippen molar-refractivity contribution in [3.8, 4) is 0 Å². The lowest BCUT2D eigenvalue weighted by molar-refractivity contribution is 0.314. The summed E-state index contributed by atoms with van der Waals surface area (Å²) in [7, 11) is 0. The molecule has 0 fully saturated rings. The first kappa shape index (κ1) is 14.7. The van der Waals surface area contributed by atoms with Crippen molar-refractivity contribution in [2.75, 3.05) is 0 Å². The normalized spacial score (nSPS) is 12.5. The predicted molar refractivity (Wildman–Crippen MR) is 84.9 cm³/mol. The second kappa shape index (κ2) is 6.67. The van der Waals surface area contributed by atoms with E-state index in [0.29, 0.717) is 11.1 Å². The third-order valence-corrected chi connectivity index (χ3v) is 3.72. The van der Waals surface area contributed by atoms with Crippen LogP contribution in [-0.2, 0) is 0 Å². The van der Waals surface area contributed by atoms with E-state index in [1.807, 2.05) is 24.3 Å². The van der Waals surface area contributed by atoms with Gasteiger partial charge in [0.2, 0.25) is 0 Å². The summed E-state index contributed by atoms with van der Waals surface area (Å²) in [5.41, 5.74) is 1.68. The maximum Gasteiger partial charge on any atom is 0.139 e. The van der Waals surface area contributed by atoms with E-state index in [1.54, 1.807) is 24.3 Å². The van der Waals surface area contributed by atoms with Gasteiger partial charge in [0.25, 0.3) is 0 Å². The Morgan fingerprint density at radius 2 is 0.950 bits per heavy atom. The van der Waals surface area contributed by atoms with Gasteiger partial charge >= 0.3 is 0 Å². The lowest BCUT2D eigenvalue weighted by Crippen LogP contribution is -2.17. The van der Waals surface area contributed by atoms with Crippen molar-refractivity contribution in [2.24, 2.45) is 10.3 Å². The summed E-state index contributed by atoms with van der Waals surface area (Å²) in [5, 5.41) is 25.0. The highest BCUT2D eigenvalue weighted by atomic mass is 79.9. The fraction of sp³-hybridized carbons (Fsp3) is 0. The lowest BCUT2D eigenvalue weighted by atomic mass is 10.00. The van der Waals surface area contributed by atoms with Gasteiger partial charge in [0, 0.05) is 20.1 Å². The van der Waals surface area contributed by atoms with Gasteiger partial charge in [-0.25, -0.2) is 0 Å². The van der Waals surface area contributed by atoms with Crippen LogP contribution < -0.4 is 0 Å². The molecule has 2 aromatic carbocycles. The van der Waals surface area contributed by atoms with Crippen LogP contribution in [0.1, 0.15) is 11.1 Å². The van der Waals surface area contributed by atoms with Crippen LogP contribution in [0, 0.1) is 0 Å². The molecule has 0 saturated carbocycles. The molecule has 0 radical (unpaired) electrons. The van der Waals surface area contributed by atoms with E-state index < -0.39 is 0 Å². The van der Waals surface area contributed by atoms with Crippen molar-refractivity contribution in [1.29, 1.82) is 0 Å². The third kappa shape index (κ3) is 3.26. The third-order valence-electron chi connectivity index (χ3n) is 2.66. The Labute approximate surface area is 132 Å². The maximum atomic E-state index is 9.24.